The van der Waals surface area contributed by atoms with Gasteiger partial charge in [0, 0.05) is 42.5 Å². The second-order valence-electron chi connectivity index (χ2n) is 4.29. The summed E-state index contributed by atoms with van der Waals surface area (Å²) in [6, 6.07) is 6.10. The van der Waals surface area contributed by atoms with Crippen LogP contribution in [0.1, 0.15) is 26.3 Å². The van der Waals surface area contributed by atoms with E-state index in [4.69, 9.17) is 16.3 Å². The lowest BCUT2D eigenvalue weighted by Crippen LogP contribution is -2.29. The number of anilines is 1. The highest BCUT2D eigenvalue weighted by Gasteiger charge is 2.12. The van der Waals surface area contributed by atoms with E-state index in [1.165, 1.54) is 11.3 Å². The standard InChI is InChI=1S/C15H25ClN2O/c1-4-17-12-13-14(16)8-7-9-15(13)18(5-2)10-11-19-6-3/h7-9,17H,4-6,10-12H2,1-3H3. The molecule has 0 saturated carbocycles. The molecule has 0 amide bonds. The summed E-state index contributed by atoms with van der Waals surface area (Å²) in [7, 11) is 0. The minimum Gasteiger partial charge on any atom is -0.380 e. The fourth-order valence-corrected chi connectivity index (χ4v) is 2.27. The Kier molecular flexibility index (Phi) is 7.87. The van der Waals surface area contributed by atoms with Gasteiger partial charge in [-0.2, -0.15) is 0 Å². The number of hydrogen-bond acceptors (Lipinski definition) is 3. The first kappa shape index (κ1) is 16.3. The minimum atomic E-state index is 0.748. The third kappa shape index (κ3) is 5.01. The summed E-state index contributed by atoms with van der Waals surface area (Å²) in [5.74, 6) is 0. The molecule has 0 aliphatic heterocycles. The predicted octanol–water partition coefficient (Wildman–Crippen LogP) is 3.31. The topological polar surface area (TPSA) is 24.5 Å². The number of hydrogen-bond donors (Lipinski definition) is 1. The quantitative estimate of drug-likeness (QED) is 0.704. The van der Waals surface area contributed by atoms with Crippen LogP contribution in [0.2, 0.25) is 5.02 Å². The number of nitrogens with one attached hydrogen (secondary N) is 1. The lowest BCUT2D eigenvalue weighted by molar-refractivity contribution is 0.154. The van der Waals surface area contributed by atoms with Gasteiger partial charge in [0.15, 0.2) is 0 Å². The second kappa shape index (κ2) is 9.18. The van der Waals surface area contributed by atoms with E-state index < -0.39 is 0 Å². The zero-order valence-corrected chi connectivity index (χ0v) is 13.0. The van der Waals surface area contributed by atoms with Crippen molar-refractivity contribution in [3.63, 3.8) is 0 Å². The Labute approximate surface area is 121 Å². The fraction of sp³-hybridized carbons (Fsp3) is 0.600. The molecule has 1 N–H and O–H groups in total. The lowest BCUT2D eigenvalue weighted by atomic mass is 10.1. The number of rotatable bonds is 9. The van der Waals surface area contributed by atoms with E-state index in [9.17, 15) is 0 Å². The fourth-order valence-electron chi connectivity index (χ4n) is 2.04. The van der Waals surface area contributed by atoms with Crippen molar-refractivity contribution in [3.8, 4) is 0 Å². The zero-order valence-electron chi connectivity index (χ0n) is 12.2. The van der Waals surface area contributed by atoms with Crippen LogP contribution in [0.25, 0.3) is 0 Å². The van der Waals surface area contributed by atoms with Gasteiger partial charge in [0.25, 0.3) is 0 Å². The van der Waals surface area contributed by atoms with Gasteiger partial charge in [-0.1, -0.05) is 24.6 Å². The summed E-state index contributed by atoms with van der Waals surface area (Å²) >= 11 is 6.33. The Bertz CT molecular complexity index is 371. The van der Waals surface area contributed by atoms with E-state index in [0.717, 1.165) is 44.4 Å². The average molecular weight is 285 g/mol. The van der Waals surface area contributed by atoms with Crippen LogP contribution in [-0.4, -0.2) is 32.8 Å². The molecule has 0 radical (unpaired) electrons. The summed E-state index contributed by atoms with van der Waals surface area (Å²) < 4.78 is 5.45. The Balaban J connectivity index is 2.85. The molecule has 0 fully saturated rings. The predicted molar refractivity (Wildman–Crippen MR) is 83.2 cm³/mol. The monoisotopic (exact) mass is 284 g/mol. The molecule has 0 saturated heterocycles. The number of benzene rings is 1. The Morgan fingerprint density at radius 2 is 2.05 bits per heavy atom. The molecule has 0 bridgehead atoms. The molecule has 19 heavy (non-hydrogen) atoms. The van der Waals surface area contributed by atoms with E-state index in [-0.39, 0.29) is 0 Å². The Hall–Kier alpha value is -0.770. The van der Waals surface area contributed by atoms with Gasteiger partial charge in [-0.3, -0.25) is 0 Å². The van der Waals surface area contributed by atoms with Crippen LogP contribution in [0.4, 0.5) is 5.69 Å². The van der Waals surface area contributed by atoms with Gasteiger partial charge in [0.1, 0.15) is 0 Å². The first-order chi connectivity index (χ1) is 9.24. The summed E-state index contributed by atoms with van der Waals surface area (Å²) in [6.45, 7) is 11.4. The summed E-state index contributed by atoms with van der Waals surface area (Å²) in [4.78, 5) is 2.31. The number of nitrogens with zero attached hydrogens (tertiary/aromatic N) is 1. The molecule has 1 rings (SSSR count). The SMILES string of the molecule is CCNCc1c(Cl)cccc1N(CC)CCOCC. The molecule has 0 unspecified atom stereocenters. The summed E-state index contributed by atoms with van der Waals surface area (Å²) in [6.07, 6.45) is 0. The van der Waals surface area contributed by atoms with Crippen LogP contribution in [0, 0.1) is 0 Å². The van der Waals surface area contributed by atoms with Crippen LogP contribution in [0.5, 0.6) is 0 Å². The highest BCUT2D eigenvalue weighted by Crippen LogP contribution is 2.27. The second-order valence-corrected chi connectivity index (χ2v) is 4.70. The number of ether oxygens (including phenoxy) is 1. The molecular weight excluding hydrogens is 260 g/mol. The van der Waals surface area contributed by atoms with E-state index >= 15 is 0 Å². The largest absolute Gasteiger partial charge is 0.380 e. The molecule has 4 heteroatoms. The van der Waals surface area contributed by atoms with E-state index in [1.807, 2.05) is 19.1 Å². The molecule has 0 spiro atoms. The van der Waals surface area contributed by atoms with Gasteiger partial charge in [-0.05, 0) is 32.5 Å². The maximum Gasteiger partial charge on any atom is 0.0641 e. The first-order valence-corrected chi connectivity index (χ1v) is 7.43. The van der Waals surface area contributed by atoms with Gasteiger partial charge in [0.2, 0.25) is 0 Å². The molecule has 0 aliphatic carbocycles. The lowest BCUT2D eigenvalue weighted by Gasteiger charge is -2.26. The smallest absolute Gasteiger partial charge is 0.0641 e. The van der Waals surface area contributed by atoms with Crippen molar-refractivity contribution >= 4 is 17.3 Å². The maximum absolute atomic E-state index is 6.33. The Morgan fingerprint density at radius 1 is 1.26 bits per heavy atom. The van der Waals surface area contributed by atoms with Gasteiger partial charge >= 0.3 is 0 Å². The van der Waals surface area contributed by atoms with Crippen molar-refractivity contribution in [3.05, 3.63) is 28.8 Å². The van der Waals surface area contributed by atoms with Crippen LogP contribution in [0.3, 0.4) is 0 Å². The molecule has 0 heterocycles. The van der Waals surface area contributed by atoms with E-state index in [0.29, 0.717) is 0 Å². The van der Waals surface area contributed by atoms with Crippen LogP contribution >= 0.6 is 11.6 Å². The van der Waals surface area contributed by atoms with Crippen molar-refractivity contribution in [1.29, 1.82) is 0 Å². The molecule has 1 aromatic rings. The molecule has 0 aliphatic rings. The normalized spacial score (nSPS) is 10.7. The molecule has 1 aromatic carbocycles. The van der Waals surface area contributed by atoms with Crippen LogP contribution < -0.4 is 10.2 Å². The van der Waals surface area contributed by atoms with Gasteiger partial charge in [-0.25, -0.2) is 0 Å². The van der Waals surface area contributed by atoms with Crippen LogP contribution in [0.15, 0.2) is 18.2 Å². The molecule has 3 nitrogen and oxygen atoms in total. The zero-order chi connectivity index (χ0) is 14.1. The van der Waals surface area contributed by atoms with Crippen molar-refractivity contribution in [2.24, 2.45) is 0 Å². The van der Waals surface area contributed by atoms with Gasteiger partial charge in [-0.15, -0.1) is 0 Å². The third-order valence-corrected chi connectivity index (χ3v) is 3.43. The average Bonchev–Trinajstić information content (AvgIpc) is 2.42. The van der Waals surface area contributed by atoms with Crippen molar-refractivity contribution in [2.75, 3.05) is 37.7 Å². The molecule has 108 valence electrons. The van der Waals surface area contributed by atoms with E-state index in [2.05, 4.69) is 30.1 Å². The minimum absolute atomic E-state index is 0.748. The van der Waals surface area contributed by atoms with Gasteiger partial charge in [0.05, 0.1) is 6.61 Å². The summed E-state index contributed by atoms with van der Waals surface area (Å²) in [5, 5.41) is 4.18. The molecule has 0 aromatic heterocycles. The third-order valence-electron chi connectivity index (χ3n) is 3.08. The first-order valence-electron chi connectivity index (χ1n) is 7.05. The van der Waals surface area contributed by atoms with Crippen molar-refractivity contribution in [2.45, 2.75) is 27.3 Å². The highest BCUT2D eigenvalue weighted by atomic mass is 35.5. The highest BCUT2D eigenvalue weighted by molar-refractivity contribution is 6.31. The Morgan fingerprint density at radius 3 is 2.68 bits per heavy atom. The molecule has 0 atom stereocenters. The van der Waals surface area contributed by atoms with Gasteiger partial charge < -0.3 is 15.0 Å². The van der Waals surface area contributed by atoms with Crippen molar-refractivity contribution in [1.82, 2.24) is 5.32 Å². The van der Waals surface area contributed by atoms with Crippen LogP contribution in [-0.2, 0) is 11.3 Å². The molecular formula is C15H25ClN2O. The summed E-state index contributed by atoms with van der Waals surface area (Å²) in [5.41, 5.74) is 2.38. The van der Waals surface area contributed by atoms with E-state index in [1.54, 1.807) is 0 Å². The maximum atomic E-state index is 6.33. The number of halogens is 1. The number of likely N-dealkylation sites (N-methyl/N-ethyl adjacent to an activating group) is 1. The van der Waals surface area contributed by atoms with Crippen molar-refractivity contribution < 1.29 is 4.74 Å².